The van der Waals surface area contributed by atoms with Crippen molar-refractivity contribution in [1.29, 1.82) is 0 Å². The number of amides is 2. The number of imide groups is 1. The number of hydrogen-bond acceptors (Lipinski definition) is 4. The van der Waals surface area contributed by atoms with Crippen LogP contribution in [0.3, 0.4) is 0 Å². The molecule has 3 rings (SSSR count). The molecule has 0 aromatic heterocycles. The highest BCUT2D eigenvalue weighted by molar-refractivity contribution is 6.22. The van der Waals surface area contributed by atoms with Gasteiger partial charge >= 0.3 is 0 Å². The van der Waals surface area contributed by atoms with Crippen LogP contribution in [0.25, 0.3) is 0 Å². The van der Waals surface area contributed by atoms with E-state index in [0.29, 0.717) is 12.2 Å². The summed E-state index contributed by atoms with van der Waals surface area (Å²) in [6.07, 6.45) is 0. The Balaban J connectivity index is 2.19. The number of nitrogens with one attached hydrogen (secondary N) is 2. The molecule has 2 aliphatic rings. The standard InChI is InChI=1S/C13H15N3O2/c1-8-7-14-13(15-8)10-5-3-4-6-11(10)16(9(2)17)12(13)18/h3-6,8,14-15H,7H2,1-2H3/t8-,13+/m1/s1. The number of benzene rings is 1. The lowest BCUT2D eigenvalue weighted by Crippen LogP contribution is -2.55. The Morgan fingerprint density at radius 3 is 2.78 bits per heavy atom. The Morgan fingerprint density at radius 1 is 1.44 bits per heavy atom. The van der Waals surface area contributed by atoms with Gasteiger partial charge in [-0.1, -0.05) is 18.2 Å². The molecule has 0 aliphatic carbocycles. The van der Waals surface area contributed by atoms with Crippen LogP contribution in [-0.4, -0.2) is 24.4 Å². The maximum absolute atomic E-state index is 12.6. The van der Waals surface area contributed by atoms with Gasteiger partial charge in [0.1, 0.15) is 0 Å². The van der Waals surface area contributed by atoms with Gasteiger partial charge in [0, 0.05) is 25.1 Å². The summed E-state index contributed by atoms with van der Waals surface area (Å²) in [5.74, 6) is -0.493. The summed E-state index contributed by atoms with van der Waals surface area (Å²) in [4.78, 5) is 25.5. The van der Waals surface area contributed by atoms with Gasteiger partial charge in [0.05, 0.1) is 5.69 Å². The molecule has 2 atom stereocenters. The zero-order valence-corrected chi connectivity index (χ0v) is 10.4. The van der Waals surface area contributed by atoms with Gasteiger partial charge in [-0.25, -0.2) is 4.90 Å². The van der Waals surface area contributed by atoms with E-state index in [1.165, 1.54) is 11.8 Å². The molecule has 5 heteroatoms. The molecule has 5 nitrogen and oxygen atoms in total. The third kappa shape index (κ3) is 1.28. The van der Waals surface area contributed by atoms with Crippen molar-refractivity contribution in [3.63, 3.8) is 0 Å². The quantitative estimate of drug-likeness (QED) is 0.691. The van der Waals surface area contributed by atoms with Crippen molar-refractivity contribution in [1.82, 2.24) is 10.6 Å². The van der Waals surface area contributed by atoms with Crippen LogP contribution in [0.1, 0.15) is 19.4 Å². The molecule has 94 valence electrons. The van der Waals surface area contributed by atoms with Gasteiger partial charge < -0.3 is 0 Å². The van der Waals surface area contributed by atoms with E-state index in [2.05, 4.69) is 10.6 Å². The third-order valence-electron chi connectivity index (χ3n) is 3.52. The predicted molar refractivity (Wildman–Crippen MR) is 66.9 cm³/mol. The Hall–Kier alpha value is -1.72. The van der Waals surface area contributed by atoms with Crippen molar-refractivity contribution in [2.75, 3.05) is 11.4 Å². The fraction of sp³-hybridized carbons (Fsp3) is 0.385. The number of para-hydroxylation sites is 1. The lowest BCUT2D eigenvalue weighted by atomic mass is 10.0. The number of hydrogen-bond donors (Lipinski definition) is 2. The molecular weight excluding hydrogens is 230 g/mol. The molecule has 0 radical (unpaired) electrons. The van der Waals surface area contributed by atoms with Crippen LogP contribution in [0.2, 0.25) is 0 Å². The number of anilines is 1. The van der Waals surface area contributed by atoms with Crippen LogP contribution in [0, 0.1) is 0 Å². The van der Waals surface area contributed by atoms with Crippen LogP contribution in [0.4, 0.5) is 5.69 Å². The molecule has 2 N–H and O–H groups in total. The fourth-order valence-corrected chi connectivity index (χ4v) is 2.78. The molecule has 2 amide bonds. The van der Waals surface area contributed by atoms with Crippen LogP contribution in [-0.2, 0) is 15.3 Å². The van der Waals surface area contributed by atoms with Crippen LogP contribution in [0.15, 0.2) is 24.3 Å². The first-order valence-corrected chi connectivity index (χ1v) is 6.03. The van der Waals surface area contributed by atoms with E-state index >= 15 is 0 Å². The summed E-state index contributed by atoms with van der Waals surface area (Å²) in [6.45, 7) is 4.12. The summed E-state index contributed by atoms with van der Waals surface area (Å²) in [7, 11) is 0. The zero-order valence-electron chi connectivity index (χ0n) is 10.4. The van der Waals surface area contributed by atoms with Gasteiger partial charge in [0.2, 0.25) is 5.91 Å². The molecule has 18 heavy (non-hydrogen) atoms. The Kier molecular flexibility index (Phi) is 2.30. The van der Waals surface area contributed by atoms with E-state index in [1.54, 1.807) is 6.07 Å². The second-order valence-corrected chi connectivity index (χ2v) is 4.85. The minimum absolute atomic E-state index is 0.189. The van der Waals surface area contributed by atoms with Crippen molar-refractivity contribution in [3.05, 3.63) is 29.8 Å². The van der Waals surface area contributed by atoms with Crippen molar-refractivity contribution in [3.8, 4) is 0 Å². The number of fused-ring (bicyclic) bond motifs is 2. The number of rotatable bonds is 0. The van der Waals surface area contributed by atoms with Gasteiger partial charge in [-0.05, 0) is 13.0 Å². The monoisotopic (exact) mass is 245 g/mol. The molecule has 0 bridgehead atoms. The molecule has 1 fully saturated rings. The molecular formula is C13H15N3O2. The Labute approximate surface area is 105 Å². The number of carbonyl (C=O) groups excluding carboxylic acids is 2. The van der Waals surface area contributed by atoms with Gasteiger partial charge in [-0.2, -0.15) is 0 Å². The average Bonchev–Trinajstić information content (AvgIpc) is 2.82. The summed E-state index contributed by atoms with van der Waals surface area (Å²) in [6, 6.07) is 7.58. The average molecular weight is 245 g/mol. The lowest BCUT2D eigenvalue weighted by molar-refractivity contribution is -0.129. The molecule has 2 heterocycles. The maximum atomic E-state index is 12.6. The van der Waals surface area contributed by atoms with Crippen LogP contribution >= 0.6 is 0 Å². The SMILES string of the molecule is CC(=O)N1C(=O)[C@]2(NC[C@@H](C)N2)c2ccccc21. The van der Waals surface area contributed by atoms with Crippen molar-refractivity contribution >= 4 is 17.5 Å². The van der Waals surface area contributed by atoms with Crippen LogP contribution < -0.4 is 15.5 Å². The van der Waals surface area contributed by atoms with E-state index in [4.69, 9.17) is 0 Å². The minimum atomic E-state index is -0.929. The molecule has 1 aromatic rings. The third-order valence-corrected chi connectivity index (χ3v) is 3.52. The van der Waals surface area contributed by atoms with Gasteiger partial charge in [0.15, 0.2) is 5.66 Å². The minimum Gasteiger partial charge on any atom is -0.286 e. The molecule has 0 saturated carbocycles. The predicted octanol–water partition coefficient (Wildman–Crippen LogP) is 0.314. The molecule has 1 aromatic carbocycles. The highest BCUT2D eigenvalue weighted by Crippen LogP contribution is 2.40. The Morgan fingerprint density at radius 2 is 2.17 bits per heavy atom. The maximum Gasteiger partial charge on any atom is 0.273 e. The first kappa shape index (κ1) is 11.4. The van der Waals surface area contributed by atoms with Crippen LogP contribution in [0.5, 0.6) is 0 Å². The van der Waals surface area contributed by atoms with Gasteiger partial charge in [-0.15, -0.1) is 0 Å². The first-order valence-electron chi connectivity index (χ1n) is 6.03. The summed E-state index contributed by atoms with van der Waals surface area (Å²) >= 11 is 0. The molecule has 0 unspecified atom stereocenters. The van der Waals surface area contributed by atoms with Crippen molar-refractivity contribution in [2.24, 2.45) is 0 Å². The second kappa shape index (κ2) is 3.63. The highest BCUT2D eigenvalue weighted by atomic mass is 16.2. The van der Waals surface area contributed by atoms with E-state index in [9.17, 15) is 9.59 Å². The highest BCUT2D eigenvalue weighted by Gasteiger charge is 2.55. The summed E-state index contributed by atoms with van der Waals surface area (Å²) in [5.41, 5.74) is 0.570. The topological polar surface area (TPSA) is 61.4 Å². The van der Waals surface area contributed by atoms with E-state index in [1.807, 2.05) is 25.1 Å². The first-order chi connectivity index (χ1) is 8.56. The lowest BCUT2D eigenvalue weighted by Gasteiger charge is -2.23. The van der Waals surface area contributed by atoms with E-state index < -0.39 is 5.66 Å². The second-order valence-electron chi connectivity index (χ2n) is 4.85. The molecule has 2 aliphatic heterocycles. The van der Waals surface area contributed by atoms with Crippen molar-refractivity contribution in [2.45, 2.75) is 25.6 Å². The smallest absolute Gasteiger partial charge is 0.273 e. The molecule has 1 saturated heterocycles. The summed E-state index contributed by atoms with van der Waals surface area (Å²) in [5, 5.41) is 6.48. The Bertz CT molecular complexity index is 543. The summed E-state index contributed by atoms with van der Waals surface area (Å²) < 4.78 is 0. The van der Waals surface area contributed by atoms with Gasteiger partial charge in [0.25, 0.3) is 5.91 Å². The number of carbonyl (C=O) groups is 2. The van der Waals surface area contributed by atoms with Gasteiger partial charge in [-0.3, -0.25) is 20.2 Å². The van der Waals surface area contributed by atoms with E-state index in [0.717, 1.165) is 5.56 Å². The van der Waals surface area contributed by atoms with Crippen molar-refractivity contribution < 1.29 is 9.59 Å². The molecule has 1 spiro atoms. The fourth-order valence-electron chi connectivity index (χ4n) is 2.78. The van der Waals surface area contributed by atoms with E-state index in [-0.39, 0.29) is 17.9 Å². The number of nitrogens with zero attached hydrogens (tertiary/aromatic N) is 1. The largest absolute Gasteiger partial charge is 0.286 e. The normalized spacial score (nSPS) is 30.0. The zero-order chi connectivity index (χ0) is 12.9.